The second-order valence-corrected chi connectivity index (χ2v) is 7.80. The Kier molecular flexibility index (Phi) is 4.25. The van der Waals surface area contributed by atoms with Crippen LogP contribution in [0, 0.1) is 0 Å². The molecule has 0 amide bonds. The number of pyridine rings is 1. The zero-order valence-electron chi connectivity index (χ0n) is 13.6. The fraction of sp³-hybridized carbons (Fsp3) is 0.211. The van der Waals surface area contributed by atoms with E-state index in [2.05, 4.69) is 4.98 Å². The van der Waals surface area contributed by atoms with Crippen LogP contribution >= 0.6 is 0 Å². The standard InChI is InChI=1S/C19H18N2O3S/c22-25(23,21-11-13-24-14-12-21)18-9-2-1-7-16(18)17-8-3-5-15-6-4-10-20-19(15)17/h1-10H,11-14H2. The number of hydrogen-bond donors (Lipinski definition) is 0. The Morgan fingerprint density at radius 3 is 2.44 bits per heavy atom. The number of ether oxygens (including phenoxy) is 1. The lowest BCUT2D eigenvalue weighted by atomic mass is 10.0. The Morgan fingerprint density at radius 1 is 0.880 bits per heavy atom. The molecule has 0 unspecified atom stereocenters. The van der Waals surface area contributed by atoms with Crippen LogP contribution in [0.15, 0.2) is 65.7 Å². The highest BCUT2D eigenvalue weighted by Crippen LogP contribution is 2.33. The Bertz CT molecular complexity index is 1010. The van der Waals surface area contributed by atoms with Gasteiger partial charge < -0.3 is 4.74 Å². The molecular formula is C19H18N2O3S. The second-order valence-electron chi connectivity index (χ2n) is 5.89. The van der Waals surface area contributed by atoms with E-state index in [4.69, 9.17) is 4.74 Å². The molecule has 4 rings (SSSR count). The third-order valence-corrected chi connectivity index (χ3v) is 6.35. The number of sulfonamides is 1. The van der Waals surface area contributed by atoms with Crippen LogP contribution in [0.2, 0.25) is 0 Å². The van der Waals surface area contributed by atoms with Crippen molar-refractivity contribution >= 4 is 20.9 Å². The summed E-state index contributed by atoms with van der Waals surface area (Å²) in [5, 5.41) is 0.985. The van der Waals surface area contributed by atoms with Gasteiger partial charge in [-0.1, -0.05) is 42.5 Å². The maximum Gasteiger partial charge on any atom is 0.243 e. The van der Waals surface area contributed by atoms with Crippen LogP contribution in [-0.2, 0) is 14.8 Å². The Hall–Kier alpha value is -2.28. The fourth-order valence-corrected chi connectivity index (χ4v) is 4.78. The summed E-state index contributed by atoms with van der Waals surface area (Å²) in [6, 6.07) is 16.8. The van der Waals surface area contributed by atoms with Gasteiger partial charge in [0.2, 0.25) is 10.0 Å². The van der Waals surface area contributed by atoms with E-state index in [0.717, 1.165) is 16.5 Å². The molecule has 1 aliphatic rings. The lowest BCUT2D eigenvalue weighted by molar-refractivity contribution is 0.0730. The first-order valence-electron chi connectivity index (χ1n) is 8.19. The quantitative estimate of drug-likeness (QED) is 0.726. The average molecular weight is 354 g/mol. The summed E-state index contributed by atoms with van der Waals surface area (Å²) in [5.41, 5.74) is 2.30. The number of hydrogen-bond acceptors (Lipinski definition) is 4. The minimum absolute atomic E-state index is 0.315. The van der Waals surface area contributed by atoms with Crippen LogP contribution in [-0.4, -0.2) is 44.0 Å². The second kappa shape index (κ2) is 6.55. The Morgan fingerprint density at radius 2 is 1.60 bits per heavy atom. The molecule has 1 fully saturated rings. The van der Waals surface area contributed by atoms with Gasteiger partial charge in [0, 0.05) is 35.8 Å². The van der Waals surface area contributed by atoms with Gasteiger partial charge in [-0.25, -0.2) is 8.42 Å². The molecule has 128 valence electrons. The van der Waals surface area contributed by atoms with Crippen molar-refractivity contribution in [2.45, 2.75) is 4.90 Å². The predicted octanol–water partition coefficient (Wildman–Crippen LogP) is 2.92. The van der Waals surface area contributed by atoms with Gasteiger partial charge in [-0.2, -0.15) is 4.31 Å². The molecule has 2 aromatic carbocycles. The van der Waals surface area contributed by atoms with E-state index in [9.17, 15) is 8.42 Å². The van der Waals surface area contributed by atoms with Crippen molar-refractivity contribution in [2.24, 2.45) is 0 Å². The number of benzene rings is 2. The molecule has 0 aliphatic carbocycles. The van der Waals surface area contributed by atoms with Gasteiger partial charge in [0.05, 0.1) is 23.6 Å². The van der Waals surface area contributed by atoms with Crippen molar-refractivity contribution in [1.82, 2.24) is 9.29 Å². The molecule has 0 bridgehead atoms. The van der Waals surface area contributed by atoms with Gasteiger partial charge in [0.25, 0.3) is 0 Å². The molecular weight excluding hydrogens is 336 g/mol. The normalized spacial score (nSPS) is 16.2. The van der Waals surface area contributed by atoms with Crippen molar-refractivity contribution in [3.8, 4) is 11.1 Å². The van der Waals surface area contributed by atoms with Crippen molar-refractivity contribution in [1.29, 1.82) is 0 Å². The van der Waals surface area contributed by atoms with E-state index >= 15 is 0 Å². The molecule has 1 aliphatic heterocycles. The maximum absolute atomic E-state index is 13.2. The van der Waals surface area contributed by atoms with Crippen LogP contribution in [0.25, 0.3) is 22.0 Å². The molecule has 0 N–H and O–H groups in total. The molecule has 3 aromatic rings. The molecule has 0 spiro atoms. The summed E-state index contributed by atoms with van der Waals surface area (Å²) in [4.78, 5) is 4.78. The fourth-order valence-electron chi connectivity index (χ4n) is 3.16. The number of fused-ring (bicyclic) bond motifs is 1. The molecule has 5 nitrogen and oxygen atoms in total. The van der Waals surface area contributed by atoms with E-state index in [1.54, 1.807) is 18.3 Å². The summed E-state index contributed by atoms with van der Waals surface area (Å²) in [7, 11) is -3.58. The maximum atomic E-state index is 13.2. The van der Waals surface area contributed by atoms with Gasteiger partial charge in [-0.3, -0.25) is 4.98 Å². The van der Waals surface area contributed by atoms with E-state index in [1.807, 2.05) is 42.5 Å². The summed E-state index contributed by atoms with van der Waals surface area (Å²) in [6.07, 6.45) is 1.73. The van der Waals surface area contributed by atoms with Crippen molar-refractivity contribution < 1.29 is 13.2 Å². The van der Waals surface area contributed by atoms with Crippen LogP contribution in [0.1, 0.15) is 0 Å². The zero-order valence-corrected chi connectivity index (χ0v) is 14.4. The third kappa shape index (κ3) is 2.93. The summed E-state index contributed by atoms with van der Waals surface area (Å²) in [5.74, 6) is 0. The minimum atomic E-state index is -3.58. The molecule has 2 heterocycles. The zero-order chi connectivity index (χ0) is 17.3. The van der Waals surface area contributed by atoms with E-state index < -0.39 is 10.0 Å². The highest BCUT2D eigenvalue weighted by molar-refractivity contribution is 7.89. The molecule has 0 saturated carbocycles. The Balaban J connectivity index is 1.90. The highest BCUT2D eigenvalue weighted by Gasteiger charge is 2.29. The molecule has 6 heteroatoms. The van der Waals surface area contributed by atoms with Crippen molar-refractivity contribution in [3.05, 3.63) is 60.8 Å². The van der Waals surface area contributed by atoms with Crippen LogP contribution in [0.3, 0.4) is 0 Å². The SMILES string of the molecule is O=S(=O)(c1ccccc1-c1cccc2cccnc12)N1CCOCC1. The average Bonchev–Trinajstić information content (AvgIpc) is 2.68. The number of morpholine rings is 1. The van der Waals surface area contributed by atoms with Gasteiger partial charge in [0.15, 0.2) is 0 Å². The van der Waals surface area contributed by atoms with Crippen LogP contribution in [0.5, 0.6) is 0 Å². The highest BCUT2D eigenvalue weighted by atomic mass is 32.2. The van der Waals surface area contributed by atoms with Gasteiger partial charge >= 0.3 is 0 Å². The van der Waals surface area contributed by atoms with Gasteiger partial charge in [0.1, 0.15) is 0 Å². The monoisotopic (exact) mass is 354 g/mol. The summed E-state index contributed by atoms with van der Waals surface area (Å²) >= 11 is 0. The number of para-hydroxylation sites is 1. The first kappa shape index (κ1) is 16.2. The molecule has 1 saturated heterocycles. The smallest absolute Gasteiger partial charge is 0.243 e. The van der Waals surface area contributed by atoms with Gasteiger partial charge in [-0.05, 0) is 12.1 Å². The lowest BCUT2D eigenvalue weighted by Gasteiger charge is -2.27. The number of aromatic nitrogens is 1. The van der Waals surface area contributed by atoms with E-state index in [-0.39, 0.29) is 0 Å². The van der Waals surface area contributed by atoms with Crippen molar-refractivity contribution in [2.75, 3.05) is 26.3 Å². The molecule has 25 heavy (non-hydrogen) atoms. The van der Waals surface area contributed by atoms with Crippen LogP contribution < -0.4 is 0 Å². The molecule has 1 aromatic heterocycles. The van der Waals surface area contributed by atoms with Gasteiger partial charge in [-0.15, -0.1) is 0 Å². The van der Waals surface area contributed by atoms with Crippen molar-refractivity contribution in [3.63, 3.8) is 0 Å². The molecule has 0 radical (unpaired) electrons. The predicted molar refractivity (Wildman–Crippen MR) is 96.8 cm³/mol. The lowest BCUT2D eigenvalue weighted by Crippen LogP contribution is -2.40. The topological polar surface area (TPSA) is 59.5 Å². The summed E-state index contributed by atoms with van der Waals surface area (Å²) < 4.78 is 33.1. The van der Waals surface area contributed by atoms with Crippen LogP contribution in [0.4, 0.5) is 0 Å². The number of nitrogens with zero attached hydrogens (tertiary/aromatic N) is 2. The van der Waals surface area contributed by atoms with E-state index in [0.29, 0.717) is 36.8 Å². The first-order valence-corrected chi connectivity index (χ1v) is 9.63. The van der Waals surface area contributed by atoms with E-state index in [1.165, 1.54) is 4.31 Å². The number of rotatable bonds is 3. The largest absolute Gasteiger partial charge is 0.379 e. The minimum Gasteiger partial charge on any atom is -0.379 e. The first-order chi connectivity index (χ1) is 12.2. The molecule has 0 atom stereocenters. The third-order valence-electron chi connectivity index (χ3n) is 4.40. The Labute approximate surface area is 146 Å². The summed E-state index contributed by atoms with van der Waals surface area (Å²) in [6.45, 7) is 1.61.